The molecule has 0 atom stereocenters. The van der Waals surface area contributed by atoms with E-state index in [2.05, 4.69) is 20.1 Å². The molecule has 0 saturated carbocycles. The fourth-order valence-corrected chi connectivity index (χ4v) is 1.71. The molecule has 88 valence electrons. The molecule has 7 heteroatoms. The van der Waals surface area contributed by atoms with Crippen molar-refractivity contribution in [1.82, 2.24) is 15.0 Å². The van der Waals surface area contributed by atoms with Crippen LogP contribution in [0.2, 0.25) is 0 Å². The second-order valence-corrected chi connectivity index (χ2v) is 4.09. The van der Waals surface area contributed by atoms with Gasteiger partial charge in [-0.2, -0.15) is 5.10 Å². The molecule has 0 aromatic carbocycles. The summed E-state index contributed by atoms with van der Waals surface area (Å²) >= 11 is 1.04. The number of hydrogen-bond acceptors (Lipinski definition) is 6. The number of hydrazone groups is 1. The number of nitrogens with one attached hydrogen (secondary N) is 1. The molecule has 17 heavy (non-hydrogen) atoms. The quantitative estimate of drug-likeness (QED) is 0.661. The summed E-state index contributed by atoms with van der Waals surface area (Å²) in [7, 11) is 0. The number of carbonyl (C=O) groups excluding carboxylic acids is 1. The molecular formula is C10H10N4O2S. The lowest BCUT2D eigenvalue weighted by molar-refractivity contribution is 0.0958. The topological polar surface area (TPSA) is 80.4 Å². The number of aromatic nitrogens is 2. The van der Waals surface area contributed by atoms with Crippen LogP contribution in [0.5, 0.6) is 0 Å². The first-order valence-corrected chi connectivity index (χ1v) is 5.63. The zero-order valence-corrected chi connectivity index (χ0v) is 10.1. The van der Waals surface area contributed by atoms with Gasteiger partial charge in [0.1, 0.15) is 16.4 Å². The zero-order chi connectivity index (χ0) is 12.3. The van der Waals surface area contributed by atoms with Gasteiger partial charge in [-0.1, -0.05) is 4.49 Å². The van der Waals surface area contributed by atoms with E-state index in [-0.39, 0.29) is 5.91 Å². The molecule has 0 fully saturated rings. The minimum absolute atomic E-state index is 0.322. The Morgan fingerprint density at radius 2 is 2.35 bits per heavy atom. The summed E-state index contributed by atoms with van der Waals surface area (Å²) in [5, 5.41) is 7.53. The predicted octanol–water partition coefficient (Wildman–Crippen LogP) is 1.51. The first kappa shape index (κ1) is 11.5. The van der Waals surface area contributed by atoms with Gasteiger partial charge in [0, 0.05) is 0 Å². The molecule has 0 spiro atoms. The normalized spacial score (nSPS) is 10.9. The lowest BCUT2D eigenvalue weighted by Crippen LogP contribution is -2.17. The maximum absolute atomic E-state index is 11.6. The molecule has 0 aliphatic carbocycles. The lowest BCUT2D eigenvalue weighted by atomic mass is 10.4. The Balaban J connectivity index is 1.97. The van der Waals surface area contributed by atoms with Crippen molar-refractivity contribution in [3.63, 3.8) is 0 Å². The van der Waals surface area contributed by atoms with Crippen molar-refractivity contribution in [2.45, 2.75) is 13.8 Å². The average molecular weight is 250 g/mol. The summed E-state index contributed by atoms with van der Waals surface area (Å²) in [5.74, 6) is 1.05. The van der Waals surface area contributed by atoms with Crippen LogP contribution < -0.4 is 5.43 Å². The molecule has 1 N–H and O–H groups in total. The van der Waals surface area contributed by atoms with Crippen molar-refractivity contribution < 1.29 is 9.21 Å². The zero-order valence-electron chi connectivity index (χ0n) is 9.30. The van der Waals surface area contributed by atoms with Crippen molar-refractivity contribution in [2.24, 2.45) is 5.10 Å². The fourth-order valence-electron chi connectivity index (χ4n) is 1.17. The third-order valence-electron chi connectivity index (χ3n) is 1.98. The van der Waals surface area contributed by atoms with Crippen molar-refractivity contribution in [2.75, 3.05) is 0 Å². The molecule has 0 bridgehead atoms. The van der Waals surface area contributed by atoms with Gasteiger partial charge in [0.2, 0.25) is 0 Å². The highest BCUT2D eigenvalue weighted by molar-refractivity contribution is 7.07. The Bertz CT molecular complexity index is 558. The van der Waals surface area contributed by atoms with Gasteiger partial charge in [0.05, 0.1) is 11.9 Å². The number of nitrogens with zero attached hydrogens (tertiary/aromatic N) is 3. The van der Waals surface area contributed by atoms with E-state index in [9.17, 15) is 4.79 Å². The Morgan fingerprint density at radius 3 is 2.94 bits per heavy atom. The van der Waals surface area contributed by atoms with Crippen LogP contribution in [0.3, 0.4) is 0 Å². The van der Waals surface area contributed by atoms with E-state index in [0.29, 0.717) is 16.3 Å². The third kappa shape index (κ3) is 2.76. The van der Waals surface area contributed by atoms with Crippen molar-refractivity contribution >= 4 is 23.7 Å². The minimum Gasteiger partial charge on any atom is -0.460 e. The number of aryl methyl sites for hydroxylation is 2. The van der Waals surface area contributed by atoms with Gasteiger partial charge in [0.15, 0.2) is 0 Å². The average Bonchev–Trinajstić information content (AvgIpc) is 2.87. The molecule has 1 amide bonds. The SMILES string of the molecule is Cc1ccc(/C=N\NC(=O)c2snnc2C)o1. The predicted molar refractivity (Wildman–Crippen MR) is 63.2 cm³/mol. The number of furan rings is 1. The second kappa shape index (κ2) is 4.88. The number of rotatable bonds is 3. The Hall–Kier alpha value is -2.02. The van der Waals surface area contributed by atoms with E-state index in [0.717, 1.165) is 17.3 Å². The molecular weight excluding hydrogens is 240 g/mol. The fraction of sp³-hybridized carbons (Fsp3) is 0.200. The van der Waals surface area contributed by atoms with Crippen LogP contribution in [0.4, 0.5) is 0 Å². The summed E-state index contributed by atoms with van der Waals surface area (Å²) in [6, 6.07) is 3.59. The summed E-state index contributed by atoms with van der Waals surface area (Å²) in [5.41, 5.74) is 2.98. The number of hydrogen-bond donors (Lipinski definition) is 1. The van der Waals surface area contributed by atoms with E-state index in [1.807, 2.05) is 13.0 Å². The molecule has 0 aliphatic rings. The Kier molecular flexibility index (Phi) is 3.29. The van der Waals surface area contributed by atoms with Gasteiger partial charge in [-0.3, -0.25) is 4.79 Å². The highest BCUT2D eigenvalue weighted by Crippen LogP contribution is 2.08. The monoisotopic (exact) mass is 250 g/mol. The lowest BCUT2D eigenvalue weighted by Gasteiger charge is -1.94. The van der Waals surface area contributed by atoms with Crippen LogP contribution in [0.15, 0.2) is 21.7 Å². The molecule has 0 aliphatic heterocycles. The first-order chi connectivity index (χ1) is 8.16. The van der Waals surface area contributed by atoms with Gasteiger partial charge in [-0.05, 0) is 37.5 Å². The molecule has 2 heterocycles. The summed E-state index contributed by atoms with van der Waals surface area (Å²) < 4.78 is 8.93. The van der Waals surface area contributed by atoms with Gasteiger partial charge in [0.25, 0.3) is 5.91 Å². The molecule has 0 radical (unpaired) electrons. The van der Waals surface area contributed by atoms with E-state index < -0.39 is 0 Å². The highest BCUT2D eigenvalue weighted by Gasteiger charge is 2.11. The molecule has 0 unspecified atom stereocenters. The molecule has 2 aromatic rings. The van der Waals surface area contributed by atoms with E-state index in [1.54, 1.807) is 13.0 Å². The largest absolute Gasteiger partial charge is 0.460 e. The smallest absolute Gasteiger partial charge is 0.285 e. The third-order valence-corrected chi connectivity index (χ3v) is 2.80. The van der Waals surface area contributed by atoms with E-state index >= 15 is 0 Å². The van der Waals surface area contributed by atoms with Crippen LogP contribution in [-0.2, 0) is 0 Å². The van der Waals surface area contributed by atoms with E-state index in [1.165, 1.54) is 6.21 Å². The molecule has 0 saturated heterocycles. The van der Waals surface area contributed by atoms with Crippen LogP contribution in [-0.4, -0.2) is 21.7 Å². The maximum atomic E-state index is 11.6. The van der Waals surface area contributed by atoms with Gasteiger partial charge >= 0.3 is 0 Å². The van der Waals surface area contributed by atoms with Gasteiger partial charge < -0.3 is 4.42 Å². The van der Waals surface area contributed by atoms with Crippen LogP contribution in [0.25, 0.3) is 0 Å². The minimum atomic E-state index is -0.322. The number of amides is 1. The molecule has 6 nitrogen and oxygen atoms in total. The van der Waals surface area contributed by atoms with Gasteiger partial charge in [-0.25, -0.2) is 5.43 Å². The number of carbonyl (C=O) groups is 1. The molecule has 2 rings (SSSR count). The summed E-state index contributed by atoms with van der Waals surface area (Å²) in [6.45, 7) is 3.56. The van der Waals surface area contributed by atoms with Crippen molar-refractivity contribution in [3.05, 3.63) is 34.2 Å². The van der Waals surface area contributed by atoms with Gasteiger partial charge in [-0.15, -0.1) is 5.10 Å². The highest BCUT2D eigenvalue weighted by atomic mass is 32.1. The van der Waals surface area contributed by atoms with Crippen LogP contribution in [0, 0.1) is 13.8 Å². The molecule has 2 aromatic heterocycles. The summed E-state index contributed by atoms with van der Waals surface area (Å²) in [6.07, 6.45) is 1.44. The standard InChI is InChI=1S/C10H10N4O2S/c1-6-3-4-8(16-6)5-11-13-10(15)9-7(2)12-14-17-9/h3-5H,1-2H3,(H,13,15)/b11-5-. The van der Waals surface area contributed by atoms with Crippen LogP contribution in [0.1, 0.15) is 26.9 Å². The second-order valence-electron chi connectivity index (χ2n) is 3.34. The first-order valence-electron chi connectivity index (χ1n) is 4.85. The van der Waals surface area contributed by atoms with E-state index in [4.69, 9.17) is 4.42 Å². The summed E-state index contributed by atoms with van der Waals surface area (Å²) in [4.78, 5) is 12.1. The van der Waals surface area contributed by atoms with Crippen molar-refractivity contribution in [3.8, 4) is 0 Å². The Morgan fingerprint density at radius 1 is 1.53 bits per heavy atom. The van der Waals surface area contributed by atoms with Crippen molar-refractivity contribution in [1.29, 1.82) is 0 Å². The van der Waals surface area contributed by atoms with Crippen LogP contribution >= 0.6 is 11.5 Å². The maximum Gasteiger partial charge on any atom is 0.285 e. The Labute approximate surface area is 102 Å².